The van der Waals surface area contributed by atoms with E-state index in [9.17, 15) is 0 Å². The van der Waals surface area contributed by atoms with E-state index in [-0.39, 0.29) is 0 Å². The third kappa shape index (κ3) is 4.11. The predicted molar refractivity (Wildman–Crippen MR) is 67.0 cm³/mol. The second-order valence-electron chi connectivity index (χ2n) is 4.41. The van der Waals surface area contributed by atoms with Gasteiger partial charge in [-0.05, 0) is 0 Å². The molecule has 0 aliphatic carbocycles. The first-order valence-electron chi connectivity index (χ1n) is 6.33. The van der Waals surface area contributed by atoms with Gasteiger partial charge in [0.2, 0.25) is 0 Å². The number of rotatable bonds is 6. The van der Waals surface area contributed by atoms with Gasteiger partial charge in [-0.3, -0.25) is 4.90 Å². The van der Waals surface area contributed by atoms with Gasteiger partial charge in [0.25, 0.3) is 0 Å². The van der Waals surface area contributed by atoms with Crippen LogP contribution in [0.5, 0.6) is 0 Å². The fraction of sp³-hybridized carbons (Fsp3) is 0.750. The lowest BCUT2D eigenvalue weighted by Crippen LogP contribution is -2.40. The molecule has 0 spiro atoms. The number of nitrogens with zero attached hydrogens (tertiary/aromatic N) is 3. The molecule has 1 fully saturated rings. The Morgan fingerprint density at radius 1 is 1.35 bits per heavy atom. The van der Waals surface area contributed by atoms with Crippen LogP contribution in [0.3, 0.4) is 0 Å². The van der Waals surface area contributed by atoms with E-state index in [1.165, 1.54) is 0 Å². The van der Waals surface area contributed by atoms with E-state index in [1.807, 2.05) is 19.4 Å². The molecule has 17 heavy (non-hydrogen) atoms. The van der Waals surface area contributed by atoms with Crippen molar-refractivity contribution in [3.63, 3.8) is 0 Å². The molecule has 1 aliphatic rings. The molecule has 5 nitrogen and oxygen atoms in total. The lowest BCUT2D eigenvalue weighted by atomic mass is 10.3. The van der Waals surface area contributed by atoms with Crippen molar-refractivity contribution in [2.75, 3.05) is 45.9 Å². The van der Waals surface area contributed by atoms with Crippen molar-refractivity contribution in [1.82, 2.24) is 19.8 Å². The van der Waals surface area contributed by atoms with Gasteiger partial charge in [0.1, 0.15) is 5.82 Å². The normalized spacial score (nSPS) is 17.5. The van der Waals surface area contributed by atoms with Gasteiger partial charge in [-0.2, -0.15) is 0 Å². The molecule has 1 saturated heterocycles. The lowest BCUT2D eigenvalue weighted by molar-refractivity contribution is 0.0384. The molecule has 2 heterocycles. The van der Waals surface area contributed by atoms with Gasteiger partial charge in [-0.1, -0.05) is 0 Å². The number of aromatic nitrogens is 2. The molecule has 1 aliphatic heterocycles. The summed E-state index contributed by atoms with van der Waals surface area (Å²) in [5.74, 6) is 1.14. The van der Waals surface area contributed by atoms with E-state index in [2.05, 4.69) is 19.8 Å². The summed E-state index contributed by atoms with van der Waals surface area (Å²) in [7, 11) is 2.04. The van der Waals surface area contributed by atoms with E-state index < -0.39 is 0 Å². The molecule has 1 N–H and O–H groups in total. The number of imidazole rings is 1. The van der Waals surface area contributed by atoms with Crippen molar-refractivity contribution in [1.29, 1.82) is 0 Å². The van der Waals surface area contributed by atoms with Crippen LogP contribution in [0, 0.1) is 0 Å². The van der Waals surface area contributed by atoms with Crippen molar-refractivity contribution < 1.29 is 4.74 Å². The number of hydrogen-bond acceptors (Lipinski definition) is 4. The van der Waals surface area contributed by atoms with Gasteiger partial charge < -0.3 is 14.6 Å². The van der Waals surface area contributed by atoms with Gasteiger partial charge in [-0.25, -0.2) is 4.98 Å². The highest BCUT2D eigenvalue weighted by atomic mass is 16.5. The van der Waals surface area contributed by atoms with Gasteiger partial charge in [0.05, 0.1) is 13.2 Å². The first-order valence-corrected chi connectivity index (χ1v) is 6.33. The minimum atomic E-state index is 0.882. The Morgan fingerprint density at radius 2 is 2.18 bits per heavy atom. The van der Waals surface area contributed by atoms with E-state index in [0.717, 1.165) is 58.2 Å². The fourth-order valence-corrected chi connectivity index (χ4v) is 2.02. The summed E-state index contributed by atoms with van der Waals surface area (Å²) in [5, 5.41) is 3.46. The van der Waals surface area contributed by atoms with Crippen molar-refractivity contribution in [3.05, 3.63) is 18.2 Å². The van der Waals surface area contributed by atoms with Crippen LogP contribution in [0.25, 0.3) is 0 Å². The van der Waals surface area contributed by atoms with Crippen LogP contribution >= 0.6 is 0 Å². The van der Waals surface area contributed by atoms with Crippen molar-refractivity contribution in [2.24, 2.45) is 7.05 Å². The first kappa shape index (κ1) is 12.5. The molecule has 0 amide bonds. The standard InChI is InChI=1S/C12H22N4O/c1-15-6-5-14-12(15)2-3-13-4-7-16-8-10-17-11-9-16/h5-6,13H,2-4,7-11H2,1H3. The van der Waals surface area contributed by atoms with E-state index >= 15 is 0 Å². The number of aryl methyl sites for hydroxylation is 1. The van der Waals surface area contributed by atoms with Gasteiger partial charge >= 0.3 is 0 Å². The number of ether oxygens (including phenoxy) is 1. The summed E-state index contributed by atoms with van der Waals surface area (Å²) in [6.07, 6.45) is 4.83. The predicted octanol–water partition coefficient (Wildman–Crippen LogP) is -0.116. The van der Waals surface area contributed by atoms with Crippen molar-refractivity contribution in [3.8, 4) is 0 Å². The zero-order valence-electron chi connectivity index (χ0n) is 10.6. The maximum absolute atomic E-state index is 5.32. The second kappa shape index (κ2) is 6.74. The Balaban J connectivity index is 1.53. The molecule has 2 rings (SSSR count). The van der Waals surface area contributed by atoms with Gasteiger partial charge in [0, 0.05) is 58.6 Å². The Morgan fingerprint density at radius 3 is 2.88 bits per heavy atom. The molecule has 5 heteroatoms. The molecule has 96 valence electrons. The lowest BCUT2D eigenvalue weighted by Gasteiger charge is -2.26. The Labute approximate surface area is 103 Å². The zero-order chi connectivity index (χ0) is 11.9. The van der Waals surface area contributed by atoms with E-state index in [4.69, 9.17) is 4.74 Å². The minimum Gasteiger partial charge on any atom is -0.379 e. The topological polar surface area (TPSA) is 42.3 Å². The Bertz CT molecular complexity index is 320. The summed E-state index contributed by atoms with van der Waals surface area (Å²) in [6, 6.07) is 0. The molecule has 0 aromatic carbocycles. The van der Waals surface area contributed by atoms with E-state index in [0.29, 0.717) is 0 Å². The van der Waals surface area contributed by atoms with Gasteiger partial charge in [-0.15, -0.1) is 0 Å². The summed E-state index contributed by atoms with van der Waals surface area (Å²) < 4.78 is 7.39. The number of morpholine rings is 1. The summed E-state index contributed by atoms with van der Waals surface area (Å²) >= 11 is 0. The molecule has 1 aromatic heterocycles. The second-order valence-corrected chi connectivity index (χ2v) is 4.41. The molecule has 0 saturated carbocycles. The van der Waals surface area contributed by atoms with E-state index in [1.54, 1.807) is 0 Å². The summed E-state index contributed by atoms with van der Waals surface area (Å²) in [6.45, 7) is 7.06. The van der Waals surface area contributed by atoms with Crippen LogP contribution in [-0.2, 0) is 18.2 Å². The van der Waals surface area contributed by atoms with Crippen LogP contribution in [0.2, 0.25) is 0 Å². The summed E-state index contributed by atoms with van der Waals surface area (Å²) in [5.41, 5.74) is 0. The minimum absolute atomic E-state index is 0.882. The molecule has 0 unspecified atom stereocenters. The maximum atomic E-state index is 5.32. The molecule has 0 radical (unpaired) electrons. The molecular weight excluding hydrogens is 216 g/mol. The molecule has 0 bridgehead atoms. The van der Waals surface area contributed by atoms with Crippen molar-refractivity contribution >= 4 is 0 Å². The monoisotopic (exact) mass is 238 g/mol. The Hall–Kier alpha value is -0.910. The Kier molecular flexibility index (Phi) is 4.97. The molecule has 0 atom stereocenters. The van der Waals surface area contributed by atoms with Crippen LogP contribution < -0.4 is 5.32 Å². The number of nitrogens with one attached hydrogen (secondary N) is 1. The first-order chi connectivity index (χ1) is 8.36. The SMILES string of the molecule is Cn1ccnc1CCNCCN1CCOCC1. The fourth-order valence-electron chi connectivity index (χ4n) is 2.02. The third-order valence-corrected chi connectivity index (χ3v) is 3.15. The average molecular weight is 238 g/mol. The molecule has 1 aromatic rings. The van der Waals surface area contributed by atoms with Crippen molar-refractivity contribution in [2.45, 2.75) is 6.42 Å². The van der Waals surface area contributed by atoms with Crippen LogP contribution in [0.4, 0.5) is 0 Å². The highest BCUT2D eigenvalue weighted by Gasteiger charge is 2.08. The number of hydrogen-bond donors (Lipinski definition) is 1. The van der Waals surface area contributed by atoms with Crippen LogP contribution in [0.15, 0.2) is 12.4 Å². The largest absolute Gasteiger partial charge is 0.379 e. The summed E-state index contributed by atoms with van der Waals surface area (Å²) in [4.78, 5) is 6.74. The van der Waals surface area contributed by atoms with Crippen LogP contribution in [-0.4, -0.2) is 60.4 Å². The average Bonchev–Trinajstić information content (AvgIpc) is 2.76. The van der Waals surface area contributed by atoms with Crippen LogP contribution in [0.1, 0.15) is 5.82 Å². The van der Waals surface area contributed by atoms with Gasteiger partial charge in [0.15, 0.2) is 0 Å². The highest BCUT2D eigenvalue weighted by molar-refractivity contribution is 4.91. The smallest absolute Gasteiger partial charge is 0.109 e. The highest BCUT2D eigenvalue weighted by Crippen LogP contribution is 1.96. The molecular formula is C12H22N4O. The zero-order valence-corrected chi connectivity index (χ0v) is 10.6. The quantitative estimate of drug-likeness (QED) is 0.702. The third-order valence-electron chi connectivity index (χ3n) is 3.15. The maximum Gasteiger partial charge on any atom is 0.109 e.